The molecule has 2 aromatic heterocycles. The van der Waals surface area contributed by atoms with Crippen molar-refractivity contribution in [2.24, 2.45) is 4.99 Å². The van der Waals surface area contributed by atoms with Gasteiger partial charge in [0.1, 0.15) is 17.3 Å². The van der Waals surface area contributed by atoms with Crippen LogP contribution in [0.4, 0.5) is 0 Å². The highest BCUT2D eigenvalue weighted by atomic mass is 35.5. The van der Waals surface area contributed by atoms with E-state index in [-0.39, 0.29) is 5.56 Å². The van der Waals surface area contributed by atoms with E-state index in [1.807, 2.05) is 30.3 Å². The van der Waals surface area contributed by atoms with Gasteiger partial charge in [-0.2, -0.15) is 0 Å². The van der Waals surface area contributed by atoms with Crippen LogP contribution in [-0.2, 0) is 9.53 Å². The van der Waals surface area contributed by atoms with Crippen LogP contribution in [0, 0.1) is 0 Å². The summed E-state index contributed by atoms with van der Waals surface area (Å²) in [5.74, 6) is 1.31. The molecule has 9 heteroatoms. The summed E-state index contributed by atoms with van der Waals surface area (Å²) in [6.07, 6.45) is 1.69. The van der Waals surface area contributed by atoms with Crippen LogP contribution in [0.3, 0.4) is 0 Å². The number of halogens is 1. The van der Waals surface area contributed by atoms with E-state index in [0.717, 1.165) is 11.1 Å². The van der Waals surface area contributed by atoms with Crippen molar-refractivity contribution in [3.8, 4) is 17.1 Å². The molecule has 1 aliphatic rings. The number of rotatable bonds is 5. The van der Waals surface area contributed by atoms with E-state index in [1.54, 1.807) is 50.4 Å². The number of allylic oxidation sites excluding steroid dienone is 1. The van der Waals surface area contributed by atoms with Gasteiger partial charge >= 0.3 is 5.97 Å². The van der Waals surface area contributed by atoms with Crippen LogP contribution in [0.1, 0.15) is 24.3 Å². The first kappa shape index (κ1) is 23.8. The third-order valence-corrected chi connectivity index (χ3v) is 7.12. The Balaban J connectivity index is 1.63. The number of fused-ring (bicyclic) bond motifs is 1. The average molecular weight is 521 g/mol. The lowest BCUT2D eigenvalue weighted by Crippen LogP contribution is -2.39. The Kier molecular flexibility index (Phi) is 6.38. The predicted molar refractivity (Wildman–Crippen MR) is 138 cm³/mol. The lowest BCUT2D eigenvalue weighted by molar-refractivity contribution is -0.136. The molecule has 1 atom stereocenters. The summed E-state index contributed by atoms with van der Waals surface area (Å²) in [5, 5.41) is 0.639. The number of benzene rings is 2. The van der Waals surface area contributed by atoms with E-state index < -0.39 is 12.0 Å². The molecular formula is C27H21ClN2O5S. The zero-order chi connectivity index (χ0) is 25.4. The van der Waals surface area contributed by atoms with Crippen LogP contribution in [0.15, 0.2) is 86.1 Å². The van der Waals surface area contributed by atoms with E-state index in [9.17, 15) is 9.59 Å². The SMILES string of the molecule is COC(=O)C1=C(C)N=c2s/c(=C\c3ccc(-c4ccc(Cl)cc4)o3)c(=O)n2C1c1ccc(OC)cc1. The monoisotopic (exact) mass is 520 g/mol. The van der Waals surface area contributed by atoms with Crippen LogP contribution in [0.25, 0.3) is 17.4 Å². The maximum Gasteiger partial charge on any atom is 0.338 e. The van der Waals surface area contributed by atoms with Gasteiger partial charge in [0.15, 0.2) is 4.80 Å². The third-order valence-electron chi connectivity index (χ3n) is 5.89. The molecule has 182 valence electrons. The van der Waals surface area contributed by atoms with Gasteiger partial charge in [0.2, 0.25) is 0 Å². The smallest absolute Gasteiger partial charge is 0.338 e. The van der Waals surface area contributed by atoms with Crippen molar-refractivity contribution in [1.29, 1.82) is 0 Å². The number of methoxy groups -OCH3 is 2. The number of aromatic nitrogens is 1. The number of carbonyl (C=O) groups is 1. The van der Waals surface area contributed by atoms with E-state index >= 15 is 0 Å². The first-order valence-corrected chi connectivity index (χ1v) is 12.2. The van der Waals surface area contributed by atoms with Gasteiger partial charge in [0.05, 0.1) is 36.1 Å². The first-order chi connectivity index (χ1) is 17.4. The second-order valence-corrected chi connectivity index (χ2v) is 9.50. The molecule has 0 aliphatic carbocycles. The Bertz CT molecular complexity index is 1660. The minimum Gasteiger partial charge on any atom is -0.497 e. The molecule has 36 heavy (non-hydrogen) atoms. The molecule has 2 aromatic carbocycles. The molecular weight excluding hydrogens is 500 g/mol. The minimum atomic E-state index is -0.692. The van der Waals surface area contributed by atoms with Gasteiger partial charge in [-0.25, -0.2) is 9.79 Å². The molecule has 0 fully saturated rings. The van der Waals surface area contributed by atoms with E-state index in [0.29, 0.717) is 42.9 Å². The molecule has 0 saturated carbocycles. The highest BCUT2D eigenvalue weighted by Gasteiger charge is 2.33. The number of esters is 1. The van der Waals surface area contributed by atoms with Gasteiger partial charge in [0.25, 0.3) is 5.56 Å². The topological polar surface area (TPSA) is 83.0 Å². The van der Waals surface area contributed by atoms with Crippen molar-refractivity contribution in [2.45, 2.75) is 13.0 Å². The summed E-state index contributed by atoms with van der Waals surface area (Å²) < 4.78 is 18.2. The van der Waals surface area contributed by atoms with Crippen molar-refractivity contribution >= 4 is 35.0 Å². The largest absolute Gasteiger partial charge is 0.497 e. The normalized spacial score (nSPS) is 15.4. The van der Waals surface area contributed by atoms with E-state index in [1.165, 1.54) is 23.0 Å². The number of furan rings is 1. The van der Waals surface area contributed by atoms with Gasteiger partial charge < -0.3 is 13.9 Å². The lowest BCUT2D eigenvalue weighted by atomic mass is 9.96. The number of nitrogens with zero attached hydrogens (tertiary/aromatic N) is 2. The van der Waals surface area contributed by atoms with Gasteiger partial charge in [-0.1, -0.05) is 35.1 Å². The molecule has 7 nitrogen and oxygen atoms in total. The van der Waals surface area contributed by atoms with Crippen LogP contribution >= 0.6 is 22.9 Å². The summed E-state index contributed by atoms with van der Waals surface area (Å²) in [4.78, 5) is 31.4. The predicted octanol–water partition coefficient (Wildman–Crippen LogP) is 4.33. The Hall–Kier alpha value is -3.88. The number of hydrogen-bond donors (Lipinski definition) is 0. The van der Waals surface area contributed by atoms with Crippen molar-refractivity contribution < 1.29 is 18.7 Å². The van der Waals surface area contributed by atoms with Crippen molar-refractivity contribution in [2.75, 3.05) is 14.2 Å². The average Bonchev–Trinajstić information content (AvgIpc) is 3.47. The Morgan fingerprint density at radius 3 is 2.47 bits per heavy atom. The summed E-state index contributed by atoms with van der Waals surface area (Å²) in [7, 11) is 2.89. The Labute approximate surface area is 215 Å². The lowest BCUT2D eigenvalue weighted by Gasteiger charge is -2.24. The van der Waals surface area contributed by atoms with Crippen molar-refractivity contribution in [3.63, 3.8) is 0 Å². The van der Waals surface area contributed by atoms with Crippen LogP contribution in [-0.4, -0.2) is 24.8 Å². The molecule has 0 N–H and O–H groups in total. The molecule has 4 aromatic rings. The highest BCUT2D eigenvalue weighted by molar-refractivity contribution is 7.07. The second-order valence-electron chi connectivity index (χ2n) is 8.06. The zero-order valence-electron chi connectivity index (χ0n) is 19.7. The van der Waals surface area contributed by atoms with Gasteiger partial charge in [-0.05, 0) is 61.0 Å². The molecule has 0 amide bonds. The molecule has 1 unspecified atom stereocenters. The van der Waals surface area contributed by atoms with Gasteiger partial charge in [0, 0.05) is 16.7 Å². The highest BCUT2D eigenvalue weighted by Crippen LogP contribution is 2.31. The van der Waals surface area contributed by atoms with Crippen molar-refractivity contribution in [1.82, 2.24) is 4.57 Å². The Morgan fingerprint density at radius 2 is 1.81 bits per heavy atom. The number of hydrogen-bond acceptors (Lipinski definition) is 7. The summed E-state index contributed by atoms with van der Waals surface area (Å²) in [5.41, 5.74) is 2.14. The molecule has 0 bridgehead atoms. The number of carbonyl (C=O) groups excluding carboxylic acids is 1. The third kappa shape index (κ3) is 4.29. The van der Waals surface area contributed by atoms with Crippen LogP contribution < -0.4 is 19.6 Å². The second kappa shape index (κ2) is 9.64. The summed E-state index contributed by atoms with van der Waals surface area (Å²) in [6, 6.07) is 17.5. The van der Waals surface area contributed by atoms with Crippen molar-refractivity contribution in [3.05, 3.63) is 108 Å². The molecule has 5 rings (SSSR count). The molecule has 0 spiro atoms. The first-order valence-electron chi connectivity index (χ1n) is 11.0. The fourth-order valence-corrected chi connectivity index (χ4v) is 5.28. The quantitative estimate of drug-likeness (QED) is 0.366. The van der Waals surface area contributed by atoms with E-state index in [2.05, 4.69) is 4.99 Å². The molecule has 0 radical (unpaired) electrons. The van der Waals surface area contributed by atoms with Gasteiger partial charge in [-0.3, -0.25) is 9.36 Å². The van der Waals surface area contributed by atoms with Gasteiger partial charge in [-0.15, -0.1) is 0 Å². The summed E-state index contributed by atoms with van der Waals surface area (Å²) >= 11 is 7.21. The van der Waals surface area contributed by atoms with Crippen LogP contribution in [0.5, 0.6) is 5.75 Å². The minimum absolute atomic E-state index is 0.280. The molecule has 0 saturated heterocycles. The van der Waals surface area contributed by atoms with Crippen LogP contribution in [0.2, 0.25) is 5.02 Å². The molecule has 3 heterocycles. The fourth-order valence-electron chi connectivity index (χ4n) is 4.12. The maximum atomic E-state index is 13.6. The standard InChI is InChI=1S/C27H21ClN2O5S/c1-15-23(26(32)34-3)24(17-6-10-19(33-2)11-7-17)30-25(31)22(36-27(30)29-15)14-20-12-13-21(35-20)16-4-8-18(28)9-5-16/h4-14,24H,1-3H3/b22-14-. The molecule has 1 aliphatic heterocycles. The Morgan fingerprint density at radius 1 is 1.08 bits per heavy atom. The van der Waals surface area contributed by atoms with E-state index in [4.69, 9.17) is 25.5 Å². The number of ether oxygens (including phenoxy) is 2. The maximum absolute atomic E-state index is 13.6. The summed E-state index contributed by atoms with van der Waals surface area (Å²) in [6.45, 7) is 1.74. The fraction of sp³-hybridized carbons (Fsp3) is 0.148. The number of thiazole rings is 1. The zero-order valence-corrected chi connectivity index (χ0v) is 21.2.